The minimum absolute atomic E-state index is 0.0729. The molecule has 0 spiro atoms. The van der Waals surface area contributed by atoms with Crippen molar-refractivity contribution in [2.45, 2.75) is 32.7 Å². The minimum atomic E-state index is -1.01. The van der Waals surface area contributed by atoms with E-state index in [9.17, 15) is 9.59 Å². The van der Waals surface area contributed by atoms with E-state index in [2.05, 4.69) is 15.3 Å². The first-order chi connectivity index (χ1) is 11.0. The fourth-order valence-corrected chi connectivity index (χ4v) is 2.94. The molecule has 2 aromatic heterocycles. The molecule has 7 heteroatoms. The Kier molecular flexibility index (Phi) is 5.81. The maximum atomic E-state index is 12.0. The second-order valence-corrected chi connectivity index (χ2v) is 6.50. The first-order valence-corrected chi connectivity index (χ1v) is 8.20. The van der Waals surface area contributed by atoms with E-state index in [1.54, 1.807) is 12.4 Å². The number of thiazole rings is 1. The van der Waals surface area contributed by atoms with Crippen molar-refractivity contribution in [2.75, 3.05) is 0 Å². The van der Waals surface area contributed by atoms with Gasteiger partial charge in [-0.2, -0.15) is 0 Å². The summed E-state index contributed by atoms with van der Waals surface area (Å²) in [6.45, 7) is 3.84. The fraction of sp³-hybridized carbons (Fsp3) is 0.375. The summed E-state index contributed by atoms with van der Waals surface area (Å²) in [5.41, 5.74) is 1.58. The smallest absolute Gasteiger partial charge is 0.326 e. The van der Waals surface area contributed by atoms with Crippen LogP contribution in [0.5, 0.6) is 0 Å². The number of hydrogen-bond donors (Lipinski definition) is 2. The number of aromatic nitrogens is 2. The summed E-state index contributed by atoms with van der Waals surface area (Å²) in [5, 5.41) is 14.3. The van der Waals surface area contributed by atoms with Crippen molar-refractivity contribution in [2.24, 2.45) is 5.92 Å². The number of pyridine rings is 1. The number of amides is 1. The summed E-state index contributed by atoms with van der Waals surface area (Å²) in [4.78, 5) is 31.6. The summed E-state index contributed by atoms with van der Waals surface area (Å²) < 4.78 is 0. The van der Waals surface area contributed by atoms with Crippen molar-refractivity contribution in [3.63, 3.8) is 0 Å². The third-order valence-electron chi connectivity index (χ3n) is 3.16. The van der Waals surface area contributed by atoms with Gasteiger partial charge in [0, 0.05) is 23.3 Å². The average Bonchev–Trinajstić information content (AvgIpc) is 2.95. The molecule has 0 radical (unpaired) electrons. The molecule has 1 atom stereocenters. The third kappa shape index (κ3) is 5.14. The number of carboxylic acid groups (broad SMARTS) is 1. The predicted octanol–water partition coefficient (Wildman–Crippen LogP) is 2.36. The summed E-state index contributed by atoms with van der Waals surface area (Å²) >= 11 is 1.45. The zero-order valence-corrected chi connectivity index (χ0v) is 13.8. The van der Waals surface area contributed by atoms with E-state index >= 15 is 0 Å². The Labute approximate surface area is 138 Å². The van der Waals surface area contributed by atoms with Crippen LogP contribution in [-0.2, 0) is 16.0 Å². The van der Waals surface area contributed by atoms with Gasteiger partial charge in [-0.05, 0) is 24.5 Å². The van der Waals surface area contributed by atoms with Crippen LogP contribution in [0.25, 0.3) is 10.6 Å². The van der Waals surface area contributed by atoms with Crippen molar-refractivity contribution in [3.05, 3.63) is 35.6 Å². The molecule has 2 aromatic rings. The van der Waals surface area contributed by atoms with Crippen molar-refractivity contribution in [3.8, 4) is 10.6 Å². The maximum absolute atomic E-state index is 12.0. The first-order valence-electron chi connectivity index (χ1n) is 7.32. The van der Waals surface area contributed by atoms with Crippen LogP contribution in [0.3, 0.4) is 0 Å². The molecule has 0 aliphatic rings. The molecular weight excluding hydrogens is 314 g/mol. The SMILES string of the molecule is CC(C)CC(NC(=O)Cc1csc(-c2ccncc2)n1)C(=O)O. The quantitative estimate of drug-likeness (QED) is 0.811. The number of carbonyl (C=O) groups excluding carboxylic acids is 1. The van der Waals surface area contributed by atoms with Gasteiger partial charge in [-0.25, -0.2) is 9.78 Å². The molecule has 122 valence electrons. The van der Waals surface area contributed by atoms with Gasteiger partial charge in [0.05, 0.1) is 12.1 Å². The molecule has 0 saturated heterocycles. The van der Waals surface area contributed by atoms with Gasteiger partial charge in [0.2, 0.25) is 5.91 Å². The van der Waals surface area contributed by atoms with E-state index in [4.69, 9.17) is 5.11 Å². The van der Waals surface area contributed by atoms with Crippen LogP contribution in [0, 0.1) is 5.92 Å². The maximum Gasteiger partial charge on any atom is 0.326 e. The van der Waals surface area contributed by atoms with Crippen LogP contribution in [0.15, 0.2) is 29.9 Å². The van der Waals surface area contributed by atoms with E-state index < -0.39 is 12.0 Å². The van der Waals surface area contributed by atoms with Gasteiger partial charge in [0.25, 0.3) is 0 Å². The fourth-order valence-electron chi connectivity index (χ4n) is 2.12. The van der Waals surface area contributed by atoms with Gasteiger partial charge < -0.3 is 10.4 Å². The highest BCUT2D eigenvalue weighted by atomic mass is 32.1. The number of aliphatic carboxylic acids is 1. The molecule has 0 bridgehead atoms. The molecule has 0 fully saturated rings. The van der Waals surface area contributed by atoms with Gasteiger partial charge in [0.15, 0.2) is 0 Å². The van der Waals surface area contributed by atoms with E-state index in [-0.39, 0.29) is 18.2 Å². The van der Waals surface area contributed by atoms with E-state index in [0.717, 1.165) is 10.6 Å². The lowest BCUT2D eigenvalue weighted by atomic mass is 10.0. The van der Waals surface area contributed by atoms with Crippen LogP contribution in [-0.4, -0.2) is 33.0 Å². The Bertz CT molecular complexity index is 670. The zero-order valence-electron chi connectivity index (χ0n) is 13.0. The van der Waals surface area contributed by atoms with Crippen LogP contribution in [0.2, 0.25) is 0 Å². The normalized spacial score (nSPS) is 12.1. The lowest BCUT2D eigenvalue weighted by Gasteiger charge is -2.16. The van der Waals surface area contributed by atoms with Crippen LogP contribution in [0.1, 0.15) is 26.0 Å². The van der Waals surface area contributed by atoms with Gasteiger partial charge in [-0.1, -0.05) is 13.8 Å². The molecule has 1 unspecified atom stereocenters. The Balaban J connectivity index is 1.98. The van der Waals surface area contributed by atoms with Gasteiger partial charge in [-0.15, -0.1) is 11.3 Å². The average molecular weight is 333 g/mol. The van der Waals surface area contributed by atoms with Crippen LogP contribution < -0.4 is 5.32 Å². The van der Waals surface area contributed by atoms with Crippen molar-refractivity contribution < 1.29 is 14.7 Å². The Morgan fingerprint density at radius 3 is 2.61 bits per heavy atom. The molecule has 23 heavy (non-hydrogen) atoms. The molecule has 6 nitrogen and oxygen atoms in total. The molecular formula is C16H19N3O3S. The van der Waals surface area contributed by atoms with Gasteiger partial charge in [-0.3, -0.25) is 9.78 Å². The van der Waals surface area contributed by atoms with Gasteiger partial charge >= 0.3 is 5.97 Å². The molecule has 0 saturated carbocycles. The second kappa shape index (κ2) is 7.82. The summed E-state index contributed by atoms with van der Waals surface area (Å²) in [6, 6.07) is 2.85. The number of carboxylic acids is 1. The molecule has 2 heterocycles. The summed E-state index contributed by atoms with van der Waals surface area (Å²) in [5.74, 6) is -1.15. The number of rotatable bonds is 7. The van der Waals surface area contributed by atoms with Crippen molar-refractivity contribution in [1.29, 1.82) is 0 Å². The Morgan fingerprint density at radius 2 is 2.00 bits per heavy atom. The zero-order chi connectivity index (χ0) is 16.8. The number of nitrogens with one attached hydrogen (secondary N) is 1. The topological polar surface area (TPSA) is 92.2 Å². The highest BCUT2D eigenvalue weighted by Gasteiger charge is 2.21. The highest BCUT2D eigenvalue weighted by molar-refractivity contribution is 7.13. The number of carbonyl (C=O) groups is 2. The van der Waals surface area contributed by atoms with Crippen molar-refractivity contribution in [1.82, 2.24) is 15.3 Å². The molecule has 0 aromatic carbocycles. The standard InChI is InChI=1S/C16H19N3O3S/c1-10(2)7-13(16(21)22)19-14(20)8-12-9-23-15(18-12)11-3-5-17-6-4-11/h3-6,9-10,13H,7-8H2,1-2H3,(H,19,20)(H,21,22). The number of hydrogen-bond acceptors (Lipinski definition) is 5. The Hall–Kier alpha value is -2.28. The lowest BCUT2D eigenvalue weighted by Crippen LogP contribution is -2.42. The van der Waals surface area contributed by atoms with Crippen LogP contribution >= 0.6 is 11.3 Å². The predicted molar refractivity (Wildman–Crippen MR) is 88.1 cm³/mol. The highest BCUT2D eigenvalue weighted by Crippen LogP contribution is 2.23. The van der Waals surface area contributed by atoms with Crippen molar-refractivity contribution >= 4 is 23.2 Å². The number of nitrogens with zero attached hydrogens (tertiary/aromatic N) is 2. The third-order valence-corrected chi connectivity index (χ3v) is 4.10. The first kappa shape index (κ1) is 17.1. The molecule has 2 N–H and O–H groups in total. The monoisotopic (exact) mass is 333 g/mol. The Morgan fingerprint density at radius 1 is 1.30 bits per heavy atom. The minimum Gasteiger partial charge on any atom is -0.480 e. The van der Waals surface area contributed by atoms with E-state index in [1.807, 2.05) is 31.4 Å². The van der Waals surface area contributed by atoms with Crippen LogP contribution in [0.4, 0.5) is 0 Å². The lowest BCUT2D eigenvalue weighted by molar-refractivity contribution is -0.142. The summed E-state index contributed by atoms with van der Waals surface area (Å²) in [7, 11) is 0. The molecule has 2 rings (SSSR count). The molecule has 1 amide bonds. The molecule has 0 aliphatic heterocycles. The largest absolute Gasteiger partial charge is 0.480 e. The molecule has 0 aliphatic carbocycles. The van der Waals surface area contributed by atoms with E-state index in [0.29, 0.717) is 12.1 Å². The second-order valence-electron chi connectivity index (χ2n) is 5.64. The van der Waals surface area contributed by atoms with Gasteiger partial charge in [0.1, 0.15) is 11.0 Å². The summed E-state index contributed by atoms with van der Waals surface area (Å²) in [6.07, 6.45) is 3.85. The van der Waals surface area contributed by atoms with E-state index in [1.165, 1.54) is 11.3 Å².